The Kier molecular flexibility index (Phi) is 6.21. The van der Waals surface area contributed by atoms with Crippen LogP contribution in [-0.4, -0.2) is 41.4 Å². The van der Waals surface area contributed by atoms with Crippen molar-refractivity contribution in [3.63, 3.8) is 0 Å². The van der Waals surface area contributed by atoms with Crippen molar-refractivity contribution < 1.29 is 24.2 Å². The van der Waals surface area contributed by atoms with Gasteiger partial charge in [0.05, 0.1) is 26.7 Å². The zero-order valence-corrected chi connectivity index (χ0v) is 15.2. The predicted octanol–water partition coefficient (Wildman–Crippen LogP) is 2.50. The Hall–Kier alpha value is -3.03. The maximum absolute atomic E-state index is 12.5. The standard InChI is InChI=1S/C18H23N3O5/c1-10(2)13-8-15(21-20-13)18(24)19-14(9-17(22)23)12-6-5-11(25-3)7-16(12)26-4/h5-8,10,14H,9H2,1-4H3,(H,19,24)(H,20,21)(H,22,23). The van der Waals surface area contributed by atoms with E-state index >= 15 is 0 Å². The van der Waals surface area contributed by atoms with Crippen molar-refractivity contribution in [1.29, 1.82) is 0 Å². The van der Waals surface area contributed by atoms with Crippen LogP contribution < -0.4 is 14.8 Å². The minimum atomic E-state index is -1.04. The molecule has 1 unspecified atom stereocenters. The number of H-pyrrole nitrogens is 1. The number of amides is 1. The average Bonchev–Trinajstić information content (AvgIpc) is 3.10. The maximum Gasteiger partial charge on any atom is 0.305 e. The van der Waals surface area contributed by atoms with E-state index in [-0.39, 0.29) is 18.0 Å². The summed E-state index contributed by atoms with van der Waals surface area (Å²) in [6, 6.07) is 5.88. The number of nitrogens with zero attached hydrogens (tertiary/aromatic N) is 1. The summed E-state index contributed by atoms with van der Waals surface area (Å²) in [5, 5.41) is 18.8. The SMILES string of the molecule is COc1ccc(C(CC(=O)O)NC(=O)c2cc(C(C)C)[nH]n2)c(OC)c1. The second kappa shape index (κ2) is 8.37. The topological polar surface area (TPSA) is 114 Å². The van der Waals surface area contributed by atoms with E-state index in [0.717, 1.165) is 5.69 Å². The van der Waals surface area contributed by atoms with Crippen LogP contribution in [0.3, 0.4) is 0 Å². The molecule has 0 radical (unpaired) electrons. The third-order valence-corrected chi connectivity index (χ3v) is 3.95. The number of nitrogens with one attached hydrogen (secondary N) is 2. The third-order valence-electron chi connectivity index (χ3n) is 3.95. The summed E-state index contributed by atoms with van der Waals surface area (Å²) in [5.41, 5.74) is 1.58. The lowest BCUT2D eigenvalue weighted by atomic mass is 10.0. The Morgan fingerprint density at radius 1 is 1.23 bits per heavy atom. The van der Waals surface area contributed by atoms with Gasteiger partial charge in [-0.25, -0.2) is 0 Å². The van der Waals surface area contributed by atoms with Crippen molar-refractivity contribution in [1.82, 2.24) is 15.5 Å². The van der Waals surface area contributed by atoms with Gasteiger partial charge in [-0.3, -0.25) is 14.7 Å². The lowest BCUT2D eigenvalue weighted by Gasteiger charge is -2.20. The van der Waals surface area contributed by atoms with Crippen LogP contribution in [-0.2, 0) is 4.79 Å². The summed E-state index contributed by atoms with van der Waals surface area (Å²) in [6.07, 6.45) is -0.296. The van der Waals surface area contributed by atoms with Crippen LogP contribution in [0.2, 0.25) is 0 Å². The highest BCUT2D eigenvalue weighted by Crippen LogP contribution is 2.31. The normalized spacial score (nSPS) is 11.9. The van der Waals surface area contributed by atoms with Gasteiger partial charge in [-0.15, -0.1) is 0 Å². The van der Waals surface area contributed by atoms with E-state index in [1.165, 1.54) is 14.2 Å². The smallest absolute Gasteiger partial charge is 0.305 e. The number of rotatable bonds is 8. The van der Waals surface area contributed by atoms with Crippen LogP contribution in [0.15, 0.2) is 24.3 Å². The molecule has 0 aliphatic rings. The quantitative estimate of drug-likeness (QED) is 0.666. The van der Waals surface area contributed by atoms with Crippen LogP contribution in [0.1, 0.15) is 54.0 Å². The number of ether oxygens (including phenoxy) is 2. The molecule has 8 nitrogen and oxygen atoms in total. The van der Waals surface area contributed by atoms with Crippen molar-refractivity contribution in [2.45, 2.75) is 32.2 Å². The number of carboxylic acids is 1. The highest BCUT2D eigenvalue weighted by Gasteiger charge is 2.24. The molecule has 1 amide bonds. The maximum atomic E-state index is 12.5. The van der Waals surface area contributed by atoms with Gasteiger partial charge in [-0.2, -0.15) is 5.10 Å². The molecule has 2 aromatic rings. The minimum Gasteiger partial charge on any atom is -0.497 e. The van der Waals surface area contributed by atoms with Gasteiger partial charge in [-0.1, -0.05) is 13.8 Å². The molecule has 2 rings (SSSR count). The van der Waals surface area contributed by atoms with Crippen LogP contribution in [0, 0.1) is 0 Å². The first-order valence-electron chi connectivity index (χ1n) is 8.15. The monoisotopic (exact) mass is 361 g/mol. The van der Waals surface area contributed by atoms with Crippen LogP contribution in [0.5, 0.6) is 11.5 Å². The molecule has 1 aromatic heterocycles. The molecule has 0 saturated heterocycles. The lowest BCUT2D eigenvalue weighted by molar-refractivity contribution is -0.137. The fourth-order valence-electron chi connectivity index (χ4n) is 2.50. The number of carboxylic acid groups (broad SMARTS) is 1. The Balaban J connectivity index is 2.29. The van der Waals surface area contributed by atoms with E-state index in [1.54, 1.807) is 24.3 Å². The molecular formula is C18H23N3O5. The van der Waals surface area contributed by atoms with Crippen molar-refractivity contribution in [2.24, 2.45) is 0 Å². The number of methoxy groups -OCH3 is 2. The zero-order valence-electron chi connectivity index (χ0n) is 15.2. The van der Waals surface area contributed by atoms with Gasteiger partial charge in [0.2, 0.25) is 0 Å². The zero-order chi connectivity index (χ0) is 19.3. The first-order chi connectivity index (χ1) is 12.3. The summed E-state index contributed by atoms with van der Waals surface area (Å²) in [7, 11) is 3.00. The number of carbonyl (C=O) groups excluding carboxylic acids is 1. The second-order valence-electron chi connectivity index (χ2n) is 6.10. The molecule has 0 aliphatic heterocycles. The number of aromatic amines is 1. The lowest BCUT2D eigenvalue weighted by Crippen LogP contribution is -2.30. The largest absolute Gasteiger partial charge is 0.497 e. The molecule has 0 saturated carbocycles. The second-order valence-corrected chi connectivity index (χ2v) is 6.10. The first kappa shape index (κ1) is 19.3. The molecule has 8 heteroatoms. The van der Waals surface area contributed by atoms with Crippen LogP contribution in [0.4, 0.5) is 0 Å². The van der Waals surface area contributed by atoms with E-state index in [1.807, 2.05) is 13.8 Å². The van der Waals surface area contributed by atoms with E-state index in [9.17, 15) is 14.7 Å². The van der Waals surface area contributed by atoms with Crippen molar-refractivity contribution >= 4 is 11.9 Å². The van der Waals surface area contributed by atoms with Gasteiger partial charge in [0, 0.05) is 17.3 Å². The van der Waals surface area contributed by atoms with Gasteiger partial charge in [0.15, 0.2) is 0 Å². The number of carbonyl (C=O) groups is 2. The molecule has 1 atom stereocenters. The van der Waals surface area contributed by atoms with Crippen molar-refractivity contribution in [2.75, 3.05) is 14.2 Å². The Bertz CT molecular complexity index is 785. The van der Waals surface area contributed by atoms with Crippen LogP contribution >= 0.6 is 0 Å². The van der Waals surface area contributed by atoms with Gasteiger partial charge < -0.3 is 19.9 Å². The average molecular weight is 361 g/mol. The first-order valence-corrected chi connectivity index (χ1v) is 8.15. The number of aromatic nitrogens is 2. The van der Waals surface area contributed by atoms with Crippen molar-refractivity contribution in [3.8, 4) is 11.5 Å². The molecule has 0 spiro atoms. The molecule has 26 heavy (non-hydrogen) atoms. The highest BCUT2D eigenvalue weighted by atomic mass is 16.5. The summed E-state index contributed by atoms with van der Waals surface area (Å²) in [4.78, 5) is 23.8. The van der Waals surface area contributed by atoms with Gasteiger partial charge in [0.25, 0.3) is 5.91 Å². The summed E-state index contributed by atoms with van der Waals surface area (Å²) in [6.45, 7) is 3.95. The Labute approximate surface area is 151 Å². The molecular weight excluding hydrogens is 338 g/mol. The van der Waals surface area contributed by atoms with Crippen LogP contribution in [0.25, 0.3) is 0 Å². The van der Waals surface area contributed by atoms with E-state index in [4.69, 9.17) is 9.47 Å². The summed E-state index contributed by atoms with van der Waals surface area (Å²) in [5.74, 6) is -0.309. The molecule has 0 fully saturated rings. The molecule has 1 aromatic carbocycles. The van der Waals surface area contributed by atoms with E-state index in [2.05, 4.69) is 15.5 Å². The summed E-state index contributed by atoms with van der Waals surface area (Å²) < 4.78 is 10.5. The summed E-state index contributed by atoms with van der Waals surface area (Å²) >= 11 is 0. The molecule has 0 bridgehead atoms. The molecule has 3 N–H and O–H groups in total. The Morgan fingerprint density at radius 3 is 2.50 bits per heavy atom. The number of aliphatic carboxylic acids is 1. The van der Waals surface area contributed by atoms with E-state index in [0.29, 0.717) is 17.1 Å². The molecule has 1 heterocycles. The van der Waals surface area contributed by atoms with Gasteiger partial charge in [0.1, 0.15) is 17.2 Å². The van der Waals surface area contributed by atoms with Gasteiger partial charge >= 0.3 is 5.97 Å². The fourth-order valence-corrected chi connectivity index (χ4v) is 2.50. The fraction of sp³-hybridized carbons (Fsp3) is 0.389. The van der Waals surface area contributed by atoms with E-state index < -0.39 is 17.9 Å². The van der Waals surface area contributed by atoms with Gasteiger partial charge in [-0.05, 0) is 24.1 Å². The number of hydrogen-bond donors (Lipinski definition) is 3. The molecule has 0 aliphatic carbocycles. The predicted molar refractivity (Wildman–Crippen MR) is 94.7 cm³/mol. The molecule has 140 valence electrons. The number of hydrogen-bond acceptors (Lipinski definition) is 5. The third kappa shape index (κ3) is 4.53. The highest BCUT2D eigenvalue weighted by molar-refractivity contribution is 5.93. The number of benzene rings is 1. The van der Waals surface area contributed by atoms with Crippen molar-refractivity contribution in [3.05, 3.63) is 41.2 Å². The Morgan fingerprint density at radius 2 is 1.96 bits per heavy atom. The minimum absolute atomic E-state index is 0.195.